The van der Waals surface area contributed by atoms with Crippen LogP contribution in [0.2, 0.25) is 0 Å². The molecule has 7 heteroatoms. The van der Waals surface area contributed by atoms with Crippen LogP contribution in [0.1, 0.15) is 18.4 Å². The van der Waals surface area contributed by atoms with E-state index in [2.05, 4.69) is 39.5 Å². The highest BCUT2D eigenvalue weighted by Crippen LogP contribution is 2.26. The van der Waals surface area contributed by atoms with Gasteiger partial charge in [0, 0.05) is 25.3 Å². The summed E-state index contributed by atoms with van der Waals surface area (Å²) in [7, 11) is 1.54. The third-order valence-corrected chi connectivity index (χ3v) is 5.38. The molecule has 1 amide bonds. The van der Waals surface area contributed by atoms with Crippen LogP contribution in [0.3, 0.4) is 0 Å². The highest BCUT2D eigenvalue weighted by molar-refractivity contribution is 5.92. The largest absolute Gasteiger partial charge is 0.468 e. The standard InChI is InChI=1S/C23H28N4O3/c1-29-23-25-20-11-10-19(26-13-15-30-16-14-26)17-21(20)27(23)22(28)24-12-6-5-9-18-7-3-2-4-8-18/h2-4,7-8,10-11,17H,5-6,9,12-16H2,1H3,(H,24,28). The predicted molar refractivity (Wildman–Crippen MR) is 117 cm³/mol. The first-order valence-electron chi connectivity index (χ1n) is 10.5. The number of hydrogen-bond acceptors (Lipinski definition) is 5. The van der Waals surface area contributed by atoms with Crippen molar-refractivity contribution >= 4 is 22.8 Å². The minimum Gasteiger partial charge on any atom is -0.468 e. The van der Waals surface area contributed by atoms with Gasteiger partial charge < -0.3 is 19.7 Å². The minimum absolute atomic E-state index is 0.215. The Morgan fingerprint density at radius 3 is 2.70 bits per heavy atom. The fourth-order valence-electron chi connectivity index (χ4n) is 3.77. The van der Waals surface area contributed by atoms with E-state index in [9.17, 15) is 4.79 Å². The summed E-state index contributed by atoms with van der Waals surface area (Å²) in [6.45, 7) is 3.71. The molecule has 30 heavy (non-hydrogen) atoms. The first-order chi connectivity index (χ1) is 14.8. The second-order valence-electron chi connectivity index (χ2n) is 7.38. The van der Waals surface area contributed by atoms with Gasteiger partial charge in [-0.2, -0.15) is 4.98 Å². The molecule has 1 saturated heterocycles. The van der Waals surface area contributed by atoms with E-state index in [4.69, 9.17) is 9.47 Å². The molecule has 0 spiro atoms. The van der Waals surface area contributed by atoms with Crippen molar-refractivity contribution in [2.45, 2.75) is 19.3 Å². The van der Waals surface area contributed by atoms with E-state index in [1.165, 1.54) is 17.2 Å². The lowest BCUT2D eigenvalue weighted by molar-refractivity contribution is 0.122. The normalized spacial score (nSPS) is 14.1. The highest BCUT2D eigenvalue weighted by atomic mass is 16.5. The van der Waals surface area contributed by atoms with E-state index in [-0.39, 0.29) is 6.03 Å². The number of ether oxygens (including phenoxy) is 2. The molecule has 0 aliphatic carbocycles. The van der Waals surface area contributed by atoms with Crippen molar-refractivity contribution < 1.29 is 14.3 Å². The summed E-state index contributed by atoms with van der Waals surface area (Å²) in [5, 5.41) is 3.01. The van der Waals surface area contributed by atoms with Crippen molar-refractivity contribution in [3.63, 3.8) is 0 Å². The summed E-state index contributed by atoms with van der Waals surface area (Å²) >= 11 is 0. The van der Waals surface area contributed by atoms with Crippen LogP contribution in [0.5, 0.6) is 6.01 Å². The van der Waals surface area contributed by atoms with Crippen LogP contribution in [0.15, 0.2) is 48.5 Å². The molecule has 2 aromatic carbocycles. The molecular weight excluding hydrogens is 380 g/mol. The molecular formula is C23H28N4O3. The molecule has 4 rings (SSSR count). The van der Waals surface area contributed by atoms with Gasteiger partial charge in [-0.15, -0.1) is 0 Å². The summed E-state index contributed by atoms with van der Waals surface area (Å²) < 4.78 is 12.3. The van der Waals surface area contributed by atoms with Gasteiger partial charge in [0.05, 0.1) is 31.4 Å². The molecule has 158 valence electrons. The molecule has 1 aromatic heterocycles. The van der Waals surface area contributed by atoms with Crippen molar-refractivity contribution in [3.05, 3.63) is 54.1 Å². The molecule has 1 aliphatic heterocycles. The Labute approximate surface area is 176 Å². The molecule has 0 radical (unpaired) electrons. The van der Waals surface area contributed by atoms with Gasteiger partial charge in [0.15, 0.2) is 0 Å². The predicted octanol–water partition coefficient (Wildman–Crippen LogP) is 3.46. The van der Waals surface area contributed by atoms with Gasteiger partial charge >= 0.3 is 12.0 Å². The van der Waals surface area contributed by atoms with Crippen LogP contribution in [0.25, 0.3) is 11.0 Å². The van der Waals surface area contributed by atoms with Gasteiger partial charge in [-0.05, 0) is 43.0 Å². The quantitative estimate of drug-likeness (QED) is 0.607. The zero-order valence-corrected chi connectivity index (χ0v) is 17.3. The van der Waals surface area contributed by atoms with Gasteiger partial charge in [-0.3, -0.25) is 0 Å². The summed E-state index contributed by atoms with van der Waals surface area (Å²) in [6, 6.07) is 16.5. The lowest BCUT2D eigenvalue weighted by Gasteiger charge is -2.28. The van der Waals surface area contributed by atoms with Gasteiger partial charge in [0.1, 0.15) is 0 Å². The van der Waals surface area contributed by atoms with Gasteiger partial charge in [-0.25, -0.2) is 9.36 Å². The number of imidazole rings is 1. The minimum atomic E-state index is -0.215. The smallest absolute Gasteiger partial charge is 0.330 e. The number of rotatable bonds is 7. The molecule has 1 N–H and O–H groups in total. The van der Waals surface area contributed by atoms with Crippen LogP contribution in [-0.2, 0) is 11.2 Å². The highest BCUT2D eigenvalue weighted by Gasteiger charge is 2.19. The SMILES string of the molecule is COc1nc2ccc(N3CCOCC3)cc2n1C(=O)NCCCCc1ccccc1. The summed E-state index contributed by atoms with van der Waals surface area (Å²) in [6.07, 6.45) is 2.94. The number of aromatic nitrogens is 2. The second-order valence-corrected chi connectivity index (χ2v) is 7.38. The van der Waals surface area contributed by atoms with E-state index in [1.54, 1.807) is 0 Å². The van der Waals surface area contributed by atoms with Crippen LogP contribution >= 0.6 is 0 Å². The molecule has 1 fully saturated rings. The Morgan fingerprint density at radius 2 is 1.93 bits per heavy atom. The lowest BCUT2D eigenvalue weighted by atomic mass is 10.1. The average molecular weight is 409 g/mol. The lowest BCUT2D eigenvalue weighted by Crippen LogP contribution is -2.36. The Bertz CT molecular complexity index is 981. The molecule has 3 aromatic rings. The van der Waals surface area contributed by atoms with Gasteiger partial charge in [-0.1, -0.05) is 30.3 Å². The monoisotopic (exact) mass is 408 g/mol. The maximum absolute atomic E-state index is 12.9. The third-order valence-electron chi connectivity index (χ3n) is 5.38. The molecule has 0 atom stereocenters. The number of benzene rings is 2. The van der Waals surface area contributed by atoms with Crippen molar-refractivity contribution in [2.75, 3.05) is 44.9 Å². The molecule has 7 nitrogen and oxygen atoms in total. The number of aryl methyl sites for hydroxylation is 1. The first-order valence-corrected chi connectivity index (χ1v) is 10.5. The Balaban J connectivity index is 1.42. The fraction of sp³-hybridized carbons (Fsp3) is 0.391. The maximum Gasteiger partial charge on any atom is 0.330 e. The number of nitrogens with one attached hydrogen (secondary N) is 1. The number of carbonyl (C=O) groups excluding carboxylic acids is 1. The number of morpholine rings is 1. The second kappa shape index (κ2) is 9.63. The third kappa shape index (κ3) is 4.57. The number of amides is 1. The molecule has 2 heterocycles. The van der Waals surface area contributed by atoms with Crippen molar-refractivity contribution in [3.8, 4) is 6.01 Å². The van der Waals surface area contributed by atoms with Gasteiger partial charge in [0.2, 0.25) is 0 Å². The van der Waals surface area contributed by atoms with Crippen molar-refractivity contribution in [2.24, 2.45) is 0 Å². The summed E-state index contributed by atoms with van der Waals surface area (Å²) in [5.41, 5.74) is 3.87. The fourth-order valence-corrected chi connectivity index (χ4v) is 3.77. The van der Waals surface area contributed by atoms with Crippen LogP contribution < -0.4 is 15.0 Å². The maximum atomic E-state index is 12.9. The van der Waals surface area contributed by atoms with Crippen LogP contribution in [0, 0.1) is 0 Å². The number of unbranched alkanes of at least 4 members (excludes halogenated alkanes) is 1. The van der Waals surface area contributed by atoms with E-state index >= 15 is 0 Å². The van der Waals surface area contributed by atoms with E-state index < -0.39 is 0 Å². The summed E-state index contributed by atoms with van der Waals surface area (Å²) in [5.74, 6) is 0. The number of carbonyl (C=O) groups is 1. The van der Waals surface area contributed by atoms with Crippen LogP contribution in [0.4, 0.5) is 10.5 Å². The Hall–Kier alpha value is -3.06. The van der Waals surface area contributed by atoms with Crippen LogP contribution in [-0.4, -0.2) is 55.5 Å². The zero-order chi connectivity index (χ0) is 20.8. The van der Waals surface area contributed by atoms with E-state index in [1.807, 2.05) is 24.3 Å². The summed E-state index contributed by atoms with van der Waals surface area (Å²) in [4.78, 5) is 19.6. The van der Waals surface area contributed by atoms with Crippen molar-refractivity contribution in [1.29, 1.82) is 0 Å². The number of hydrogen-bond donors (Lipinski definition) is 1. The Morgan fingerprint density at radius 1 is 1.13 bits per heavy atom. The molecule has 0 bridgehead atoms. The van der Waals surface area contributed by atoms with E-state index in [0.717, 1.165) is 49.1 Å². The average Bonchev–Trinajstić information content (AvgIpc) is 3.18. The van der Waals surface area contributed by atoms with E-state index in [0.29, 0.717) is 25.8 Å². The number of fused-ring (bicyclic) bond motifs is 1. The van der Waals surface area contributed by atoms with Crippen molar-refractivity contribution in [1.82, 2.24) is 14.9 Å². The number of anilines is 1. The first kappa shape index (κ1) is 20.2. The molecule has 0 saturated carbocycles. The molecule has 1 aliphatic rings. The zero-order valence-electron chi connectivity index (χ0n) is 17.3. The topological polar surface area (TPSA) is 68.6 Å². The molecule has 0 unspecified atom stereocenters. The number of nitrogens with zero attached hydrogens (tertiary/aromatic N) is 3. The Kier molecular flexibility index (Phi) is 6.49. The number of methoxy groups -OCH3 is 1. The van der Waals surface area contributed by atoms with Gasteiger partial charge in [0.25, 0.3) is 0 Å².